The van der Waals surface area contributed by atoms with Gasteiger partial charge in [0.15, 0.2) is 14.7 Å². The first kappa shape index (κ1) is 32.2. The standard InChI is InChI=1S/C40H29F6S/c1-2-3-13-25-24-34(47(26-14-6-4-7-15-26)27-16-8-5-9-17-27)39(37-30(43)20-11-21-31(37)44)40(38-32(45)22-12-23-33(38)46)35(25)36-28(41)18-10-19-29(36)42/h4-12,14-24H,2-3,13H2,1H3/q+1. The number of hydrogen-bond acceptors (Lipinski definition) is 0. The molecule has 0 aliphatic heterocycles. The Morgan fingerprint density at radius 1 is 0.426 bits per heavy atom. The van der Waals surface area contributed by atoms with Crippen molar-refractivity contribution in [3.63, 3.8) is 0 Å². The maximum atomic E-state index is 16.1. The molecule has 0 saturated heterocycles. The Morgan fingerprint density at radius 2 is 0.809 bits per heavy atom. The van der Waals surface area contributed by atoms with Crippen LogP contribution in [0.15, 0.2) is 136 Å². The number of hydrogen-bond donors (Lipinski definition) is 0. The van der Waals surface area contributed by atoms with Crippen molar-refractivity contribution >= 4 is 10.9 Å². The Hall–Kier alpha value is -4.75. The van der Waals surface area contributed by atoms with Crippen molar-refractivity contribution in [1.29, 1.82) is 0 Å². The van der Waals surface area contributed by atoms with Gasteiger partial charge in [0.25, 0.3) is 0 Å². The SMILES string of the molecule is CCCCc1cc([S+](c2ccccc2)c2ccccc2)c(-c2c(F)cccc2F)c(-c2c(F)cccc2F)c1-c1c(F)cccc1F. The normalized spacial score (nSPS) is 11.3. The summed E-state index contributed by atoms with van der Waals surface area (Å²) in [5, 5.41) is 0. The molecule has 6 aromatic carbocycles. The maximum Gasteiger partial charge on any atom is 0.175 e. The fourth-order valence-electron chi connectivity index (χ4n) is 5.93. The third-order valence-electron chi connectivity index (χ3n) is 7.99. The lowest BCUT2D eigenvalue weighted by atomic mass is 9.82. The van der Waals surface area contributed by atoms with E-state index in [4.69, 9.17) is 0 Å². The summed E-state index contributed by atoms with van der Waals surface area (Å²) in [6, 6.07) is 30.0. The average molecular weight is 656 g/mol. The molecule has 0 spiro atoms. The molecule has 47 heavy (non-hydrogen) atoms. The minimum atomic E-state index is -1.10. The van der Waals surface area contributed by atoms with Gasteiger partial charge in [-0.3, -0.25) is 0 Å². The van der Waals surface area contributed by atoms with E-state index in [0.29, 0.717) is 23.3 Å². The number of rotatable bonds is 9. The van der Waals surface area contributed by atoms with E-state index in [1.807, 2.05) is 67.6 Å². The molecule has 0 aliphatic rings. The van der Waals surface area contributed by atoms with E-state index in [2.05, 4.69) is 0 Å². The van der Waals surface area contributed by atoms with Gasteiger partial charge in [-0.25, -0.2) is 26.3 Å². The highest BCUT2D eigenvalue weighted by molar-refractivity contribution is 7.97. The molecular weight excluding hydrogens is 626 g/mol. The van der Waals surface area contributed by atoms with Crippen molar-refractivity contribution in [2.45, 2.75) is 40.9 Å². The largest absolute Gasteiger partial charge is 0.206 e. The van der Waals surface area contributed by atoms with E-state index >= 15 is 26.3 Å². The molecule has 0 atom stereocenters. The molecule has 0 nitrogen and oxygen atoms in total. The fraction of sp³-hybridized carbons (Fsp3) is 0.100. The van der Waals surface area contributed by atoms with Gasteiger partial charge in [-0.05, 0) is 90.7 Å². The van der Waals surface area contributed by atoms with Gasteiger partial charge in [-0.1, -0.05) is 67.9 Å². The molecule has 0 aromatic heterocycles. The second kappa shape index (κ2) is 13.9. The Kier molecular flexibility index (Phi) is 9.55. The minimum absolute atomic E-state index is 0.149. The molecule has 0 bridgehead atoms. The van der Waals surface area contributed by atoms with E-state index in [-0.39, 0.29) is 23.1 Å². The molecule has 0 saturated carbocycles. The molecule has 0 radical (unpaired) electrons. The van der Waals surface area contributed by atoms with Gasteiger partial charge in [-0.2, -0.15) is 0 Å². The first-order valence-corrected chi connectivity index (χ1v) is 16.4. The summed E-state index contributed by atoms with van der Waals surface area (Å²) in [5.74, 6) is -6.01. The van der Waals surface area contributed by atoms with Gasteiger partial charge in [0.2, 0.25) is 0 Å². The van der Waals surface area contributed by atoms with E-state index in [1.165, 1.54) is 18.2 Å². The number of aryl methyl sites for hydroxylation is 1. The Morgan fingerprint density at radius 3 is 1.21 bits per heavy atom. The van der Waals surface area contributed by atoms with Crippen molar-refractivity contribution in [2.75, 3.05) is 0 Å². The Balaban J connectivity index is 1.93. The lowest BCUT2D eigenvalue weighted by molar-refractivity contribution is 0.584. The summed E-state index contributed by atoms with van der Waals surface area (Å²) < 4.78 is 96.1. The van der Waals surface area contributed by atoms with E-state index in [1.54, 1.807) is 6.07 Å². The van der Waals surface area contributed by atoms with Crippen LogP contribution >= 0.6 is 0 Å². The van der Waals surface area contributed by atoms with Crippen molar-refractivity contribution < 1.29 is 26.3 Å². The quantitative estimate of drug-likeness (QED) is 0.107. The van der Waals surface area contributed by atoms with Gasteiger partial charge in [0, 0.05) is 5.56 Å². The molecular formula is C40H29F6S+. The van der Waals surface area contributed by atoms with Crippen LogP contribution in [0.4, 0.5) is 26.3 Å². The topological polar surface area (TPSA) is 0 Å². The van der Waals surface area contributed by atoms with Gasteiger partial charge in [0.05, 0.1) is 33.1 Å². The molecule has 0 amide bonds. The fourth-order valence-corrected chi connectivity index (χ4v) is 8.24. The summed E-state index contributed by atoms with van der Waals surface area (Å²) in [6.45, 7) is 1.95. The van der Waals surface area contributed by atoms with Crippen molar-refractivity contribution in [2.24, 2.45) is 0 Å². The van der Waals surface area contributed by atoms with Gasteiger partial charge in [-0.15, -0.1) is 0 Å². The zero-order valence-electron chi connectivity index (χ0n) is 25.3. The zero-order valence-corrected chi connectivity index (χ0v) is 26.2. The van der Waals surface area contributed by atoms with Crippen LogP contribution in [0, 0.1) is 34.9 Å². The zero-order chi connectivity index (χ0) is 33.1. The van der Waals surface area contributed by atoms with Crippen LogP contribution in [-0.2, 0) is 17.3 Å². The first-order chi connectivity index (χ1) is 22.8. The van der Waals surface area contributed by atoms with Crippen LogP contribution in [0.25, 0.3) is 33.4 Å². The number of unbranched alkanes of at least 4 members (excludes halogenated alkanes) is 1. The summed E-state index contributed by atoms with van der Waals surface area (Å²) in [4.78, 5) is 1.89. The van der Waals surface area contributed by atoms with Crippen LogP contribution in [-0.4, -0.2) is 0 Å². The molecule has 236 valence electrons. The number of halogens is 6. The highest BCUT2D eigenvalue weighted by atomic mass is 32.2. The van der Waals surface area contributed by atoms with Crippen molar-refractivity contribution in [3.05, 3.63) is 162 Å². The van der Waals surface area contributed by atoms with Crippen LogP contribution in [0.2, 0.25) is 0 Å². The van der Waals surface area contributed by atoms with Crippen LogP contribution < -0.4 is 0 Å². The predicted octanol–water partition coefficient (Wildman–Crippen LogP) is 12.0. The second-order valence-electron chi connectivity index (χ2n) is 11.0. The number of benzene rings is 6. The average Bonchev–Trinajstić information content (AvgIpc) is 3.06. The van der Waals surface area contributed by atoms with E-state index in [0.717, 1.165) is 46.2 Å². The third-order valence-corrected chi connectivity index (χ3v) is 10.2. The Labute approximate surface area is 272 Å². The molecule has 0 fully saturated rings. The lowest BCUT2D eigenvalue weighted by Gasteiger charge is -2.24. The molecule has 6 rings (SSSR count). The molecule has 7 heteroatoms. The highest BCUT2D eigenvalue weighted by Gasteiger charge is 2.39. The molecule has 0 aliphatic carbocycles. The van der Waals surface area contributed by atoms with Crippen LogP contribution in [0.1, 0.15) is 25.3 Å². The van der Waals surface area contributed by atoms with E-state index in [9.17, 15) is 0 Å². The molecule has 0 N–H and O–H groups in total. The van der Waals surface area contributed by atoms with E-state index < -0.39 is 62.5 Å². The summed E-state index contributed by atoms with van der Waals surface area (Å²) in [7, 11) is -1.10. The van der Waals surface area contributed by atoms with Gasteiger partial charge >= 0.3 is 0 Å². The lowest BCUT2D eigenvalue weighted by Crippen LogP contribution is -2.12. The van der Waals surface area contributed by atoms with Crippen molar-refractivity contribution in [1.82, 2.24) is 0 Å². The summed E-state index contributed by atoms with van der Waals surface area (Å²) in [6.07, 6.45) is 1.54. The first-order valence-electron chi connectivity index (χ1n) is 15.2. The van der Waals surface area contributed by atoms with Crippen LogP contribution in [0.3, 0.4) is 0 Å². The predicted molar refractivity (Wildman–Crippen MR) is 176 cm³/mol. The highest BCUT2D eigenvalue weighted by Crippen LogP contribution is 2.51. The smallest absolute Gasteiger partial charge is 0.175 e. The Bertz CT molecular complexity index is 1940. The summed E-state index contributed by atoms with van der Waals surface area (Å²) >= 11 is 0. The van der Waals surface area contributed by atoms with Crippen LogP contribution in [0.5, 0.6) is 0 Å². The second-order valence-corrected chi connectivity index (χ2v) is 13.0. The summed E-state index contributed by atoms with van der Waals surface area (Å²) in [5.41, 5.74) is -1.96. The molecule has 0 heterocycles. The molecule has 6 aromatic rings. The van der Waals surface area contributed by atoms with Gasteiger partial charge < -0.3 is 0 Å². The maximum absolute atomic E-state index is 16.1. The molecule has 0 unspecified atom stereocenters. The monoisotopic (exact) mass is 655 g/mol. The van der Waals surface area contributed by atoms with Crippen molar-refractivity contribution in [3.8, 4) is 33.4 Å². The minimum Gasteiger partial charge on any atom is -0.206 e. The third kappa shape index (κ3) is 6.20. The van der Waals surface area contributed by atoms with Gasteiger partial charge in [0.1, 0.15) is 34.9 Å².